The lowest BCUT2D eigenvalue weighted by Gasteiger charge is -2.24. The summed E-state index contributed by atoms with van der Waals surface area (Å²) in [6.45, 7) is 11.8. The minimum Gasteiger partial charge on any atom is -0.382 e. The average Bonchev–Trinajstić information content (AvgIpc) is 3.31. The van der Waals surface area contributed by atoms with Gasteiger partial charge in [-0.05, 0) is 6.92 Å². The maximum atomic E-state index is 12.0. The van der Waals surface area contributed by atoms with Crippen molar-refractivity contribution in [2.45, 2.75) is 33.2 Å². The fraction of sp³-hybridized carbons (Fsp3) is 0.786. The highest BCUT2D eigenvalue weighted by Gasteiger charge is 2.34. The maximum absolute atomic E-state index is 12.0. The summed E-state index contributed by atoms with van der Waals surface area (Å²) in [6, 6.07) is -1.03. The van der Waals surface area contributed by atoms with Crippen molar-refractivity contribution in [3.8, 4) is 0 Å². The number of amides is 3. The Bertz CT molecular complexity index is 732. The Morgan fingerprint density at radius 2 is 0.976 bits per heavy atom. The van der Waals surface area contributed by atoms with Crippen LogP contribution < -0.4 is 5.32 Å². The summed E-state index contributed by atoms with van der Waals surface area (Å²) in [6.07, 6.45) is 2.26. The van der Waals surface area contributed by atoms with Crippen molar-refractivity contribution in [3.05, 3.63) is 12.2 Å². The lowest BCUT2D eigenvalue weighted by atomic mass is 10.1. The molecule has 0 spiro atoms. The zero-order valence-electron chi connectivity index (χ0n) is 25.6. The van der Waals surface area contributed by atoms with E-state index >= 15 is 0 Å². The average molecular weight is 607 g/mol. The molecule has 42 heavy (non-hydrogen) atoms. The lowest BCUT2D eigenvalue weighted by molar-refractivity contribution is -0.144. The Balaban J connectivity index is 0.00000821. The molecule has 0 saturated heterocycles. The molecule has 0 saturated carbocycles. The standard InChI is InChI=1S/C26H44N2O12.C2H6/c1-22(29)23(28-25(31)3-4-26(28)32)21-27-24(30)5-6-34-9-10-36-13-14-38-17-18-40-20-19-39-16-15-37-12-11-35-8-7-33-2;1-2/h3-4,23H,5-21H2,1-2H3,(H,27,30);1-2H3. The van der Waals surface area contributed by atoms with E-state index in [-0.39, 0.29) is 25.5 Å². The third kappa shape index (κ3) is 21.4. The van der Waals surface area contributed by atoms with E-state index in [4.69, 9.17) is 37.9 Å². The van der Waals surface area contributed by atoms with Gasteiger partial charge in [-0.3, -0.25) is 24.1 Å². The van der Waals surface area contributed by atoms with Gasteiger partial charge in [-0.25, -0.2) is 0 Å². The van der Waals surface area contributed by atoms with Crippen LogP contribution in [-0.2, 0) is 57.1 Å². The van der Waals surface area contributed by atoms with Crippen molar-refractivity contribution >= 4 is 23.5 Å². The fourth-order valence-electron chi connectivity index (χ4n) is 3.16. The zero-order chi connectivity index (χ0) is 31.3. The molecule has 0 radical (unpaired) electrons. The number of imide groups is 1. The van der Waals surface area contributed by atoms with Gasteiger partial charge in [-0.2, -0.15) is 0 Å². The number of hydrogen-bond acceptors (Lipinski definition) is 12. The van der Waals surface area contributed by atoms with Crippen molar-refractivity contribution in [3.63, 3.8) is 0 Å². The number of methoxy groups -OCH3 is 1. The van der Waals surface area contributed by atoms with Crippen molar-refractivity contribution in [2.24, 2.45) is 0 Å². The van der Waals surface area contributed by atoms with Crippen LogP contribution >= 0.6 is 0 Å². The molecule has 0 aromatic heterocycles. The van der Waals surface area contributed by atoms with E-state index in [1.807, 2.05) is 13.8 Å². The molecule has 0 aromatic carbocycles. The molecule has 1 atom stereocenters. The normalized spacial score (nSPS) is 13.3. The summed E-state index contributed by atoms with van der Waals surface area (Å²) in [5.41, 5.74) is 0. The van der Waals surface area contributed by atoms with Crippen LogP contribution in [0.5, 0.6) is 0 Å². The second kappa shape index (κ2) is 28.8. The van der Waals surface area contributed by atoms with Crippen molar-refractivity contribution in [2.75, 3.05) is 113 Å². The smallest absolute Gasteiger partial charge is 0.254 e. The van der Waals surface area contributed by atoms with Crippen LogP contribution in [0.3, 0.4) is 0 Å². The highest BCUT2D eigenvalue weighted by molar-refractivity contribution is 6.15. The number of carbonyl (C=O) groups is 4. The zero-order valence-corrected chi connectivity index (χ0v) is 25.6. The topological polar surface area (TPSA) is 157 Å². The molecule has 0 bridgehead atoms. The number of nitrogens with zero attached hydrogens (tertiary/aromatic N) is 1. The summed E-state index contributed by atoms with van der Waals surface area (Å²) in [5.74, 6) is -1.89. The fourth-order valence-corrected chi connectivity index (χ4v) is 3.16. The number of Topliss-reactive ketones (excluding diaryl/α,β-unsaturated/α-hetero) is 1. The molecule has 1 unspecified atom stereocenters. The molecule has 1 aliphatic rings. The van der Waals surface area contributed by atoms with E-state index in [9.17, 15) is 19.2 Å². The van der Waals surface area contributed by atoms with Crippen LogP contribution in [0.4, 0.5) is 0 Å². The van der Waals surface area contributed by atoms with Crippen molar-refractivity contribution in [1.82, 2.24) is 10.2 Å². The van der Waals surface area contributed by atoms with Crippen LogP contribution in [0, 0.1) is 0 Å². The molecule has 1 heterocycles. The molecule has 1 N–H and O–H groups in total. The number of ketones is 1. The van der Waals surface area contributed by atoms with Gasteiger partial charge in [0.25, 0.3) is 11.8 Å². The van der Waals surface area contributed by atoms with Gasteiger partial charge in [0.15, 0.2) is 5.78 Å². The van der Waals surface area contributed by atoms with Gasteiger partial charge in [0.2, 0.25) is 5.91 Å². The Morgan fingerprint density at radius 1 is 0.643 bits per heavy atom. The molecule has 1 rings (SSSR count). The van der Waals surface area contributed by atoms with E-state index in [1.54, 1.807) is 7.11 Å². The lowest BCUT2D eigenvalue weighted by Crippen LogP contribution is -2.50. The van der Waals surface area contributed by atoms with Crippen LogP contribution in [0.1, 0.15) is 27.2 Å². The van der Waals surface area contributed by atoms with Crippen LogP contribution in [0.15, 0.2) is 12.2 Å². The summed E-state index contributed by atoms with van der Waals surface area (Å²) in [5, 5.41) is 2.56. The van der Waals surface area contributed by atoms with Gasteiger partial charge in [0, 0.05) is 32.2 Å². The van der Waals surface area contributed by atoms with Gasteiger partial charge < -0.3 is 43.2 Å². The number of rotatable bonds is 28. The second-order valence-electron chi connectivity index (χ2n) is 8.34. The molecular formula is C28H50N2O12. The predicted octanol–water partition coefficient (Wildman–Crippen LogP) is 0.164. The van der Waals surface area contributed by atoms with Crippen molar-refractivity contribution < 1.29 is 57.1 Å². The highest BCUT2D eigenvalue weighted by atomic mass is 16.6. The first-order chi connectivity index (χ1) is 20.5. The third-order valence-electron chi connectivity index (χ3n) is 5.25. The molecule has 0 aromatic rings. The predicted molar refractivity (Wildman–Crippen MR) is 152 cm³/mol. The van der Waals surface area contributed by atoms with E-state index in [1.165, 1.54) is 6.92 Å². The van der Waals surface area contributed by atoms with Gasteiger partial charge >= 0.3 is 0 Å². The van der Waals surface area contributed by atoms with Gasteiger partial charge in [-0.1, -0.05) is 13.8 Å². The Morgan fingerprint density at radius 3 is 1.31 bits per heavy atom. The summed E-state index contributed by atoms with van der Waals surface area (Å²) < 4.78 is 42.5. The summed E-state index contributed by atoms with van der Waals surface area (Å²) in [4.78, 5) is 48.1. The van der Waals surface area contributed by atoms with Crippen LogP contribution in [-0.4, -0.2) is 147 Å². The second-order valence-corrected chi connectivity index (χ2v) is 8.34. The van der Waals surface area contributed by atoms with E-state index in [0.29, 0.717) is 92.5 Å². The number of hydrogen-bond donors (Lipinski definition) is 1. The van der Waals surface area contributed by atoms with Gasteiger partial charge in [0.05, 0.1) is 99.1 Å². The molecule has 0 fully saturated rings. The molecule has 1 aliphatic heterocycles. The minimum absolute atomic E-state index is 0.0673. The Labute approximate surface area is 249 Å². The van der Waals surface area contributed by atoms with Crippen LogP contribution in [0.25, 0.3) is 0 Å². The van der Waals surface area contributed by atoms with E-state index < -0.39 is 23.6 Å². The van der Waals surface area contributed by atoms with Crippen LogP contribution in [0.2, 0.25) is 0 Å². The Kier molecular flexibility index (Phi) is 27.2. The third-order valence-corrected chi connectivity index (χ3v) is 5.25. The molecule has 14 nitrogen and oxygen atoms in total. The first-order valence-corrected chi connectivity index (χ1v) is 14.3. The minimum atomic E-state index is -1.03. The largest absolute Gasteiger partial charge is 0.382 e. The van der Waals surface area contributed by atoms with E-state index in [0.717, 1.165) is 17.1 Å². The van der Waals surface area contributed by atoms with Gasteiger partial charge in [-0.15, -0.1) is 0 Å². The first-order valence-electron chi connectivity index (χ1n) is 14.3. The molecule has 3 amide bonds. The Hall–Kier alpha value is -2.30. The first kappa shape index (κ1) is 39.7. The molecule has 0 aliphatic carbocycles. The van der Waals surface area contributed by atoms with E-state index in [2.05, 4.69) is 5.32 Å². The van der Waals surface area contributed by atoms with Crippen molar-refractivity contribution in [1.29, 1.82) is 0 Å². The summed E-state index contributed by atoms with van der Waals surface area (Å²) >= 11 is 0. The maximum Gasteiger partial charge on any atom is 0.254 e. The highest BCUT2D eigenvalue weighted by Crippen LogP contribution is 2.10. The monoisotopic (exact) mass is 606 g/mol. The SMILES string of the molecule is CC.COCCOCCOCCOCCOCCOCCOCCOCCC(=O)NCC(C(C)=O)N1C(=O)C=CC1=O. The molecule has 244 valence electrons. The number of carbonyl (C=O) groups excluding carboxylic acids is 4. The van der Waals surface area contributed by atoms with Gasteiger partial charge in [0.1, 0.15) is 6.04 Å². The summed E-state index contributed by atoms with van der Waals surface area (Å²) in [7, 11) is 1.63. The molecule has 14 heteroatoms. The molecular weight excluding hydrogens is 556 g/mol. The quantitative estimate of drug-likeness (QED) is 0.0952. The number of ether oxygens (including phenoxy) is 8. The number of nitrogens with one attached hydrogen (secondary N) is 1.